The quantitative estimate of drug-likeness (QED) is 0.219. The zero-order valence-corrected chi connectivity index (χ0v) is 32.4. The van der Waals surface area contributed by atoms with Crippen LogP contribution >= 0.6 is 0 Å². The van der Waals surface area contributed by atoms with Crippen LogP contribution in [0.1, 0.15) is 192 Å². The predicted molar refractivity (Wildman–Crippen MR) is 204 cm³/mol. The molecule has 282 valence electrons. The van der Waals surface area contributed by atoms with Gasteiger partial charge in [0.1, 0.15) is 0 Å². The van der Waals surface area contributed by atoms with Crippen molar-refractivity contribution >= 4 is 0 Å². The number of hydrogen-bond donors (Lipinski definition) is 0. The minimum atomic E-state index is -0.231. The fourth-order valence-corrected chi connectivity index (χ4v) is 12.0. The van der Waals surface area contributed by atoms with E-state index in [-0.39, 0.29) is 23.8 Å². The maximum absolute atomic E-state index is 7.15. The average molecular weight is 691 g/mol. The van der Waals surface area contributed by atoms with E-state index in [0.717, 1.165) is 100 Å². The third-order valence-electron chi connectivity index (χ3n) is 15.1. The lowest BCUT2D eigenvalue weighted by Crippen LogP contribution is -2.42. The Morgan fingerprint density at radius 1 is 0.480 bits per heavy atom. The van der Waals surface area contributed by atoms with E-state index < -0.39 is 0 Å². The molecule has 2 atom stereocenters. The van der Waals surface area contributed by atoms with Crippen LogP contribution in [0.4, 0.5) is 0 Å². The summed E-state index contributed by atoms with van der Waals surface area (Å²) < 4.78 is 26.8. The lowest BCUT2D eigenvalue weighted by molar-refractivity contribution is -0.242. The second kappa shape index (κ2) is 17.9. The molecular formula is C46H74O4. The Kier molecular flexibility index (Phi) is 13.4. The molecule has 4 nitrogen and oxygen atoms in total. The summed E-state index contributed by atoms with van der Waals surface area (Å²) >= 11 is 0. The monoisotopic (exact) mass is 691 g/mol. The molecule has 2 aliphatic heterocycles. The molecule has 0 aromatic heterocycles. The van der Waals surface area contributed by atoms with Crippen LogP contribution in [0, 0.1) is 35.5 Å². The zero-order valence-electron chi connectivity index (χ0n) is 32.4. The first kappa shape index (κ1) is 37.4. The highest BCUT2D eigenvalue weighted by atomic mass is 16.7. The Morgan fingerprint density at radius 3 is 1.16 bits per heavy atom. The average Bonchev–Trinajstić information content (AvgIpc) is 3.17. The summed E-state index contributed by atoms with van der Waals surface area (Å²) in [5.41, 5.74) is 2.29. The van der Waals surface area contributed by atoms with Gasteiger partial charge < -0.3 is 18.9 Å². The topological polar surface area (TPSA) is 36.9 Å². The van der Waals surface area contributed by atoms with E-state index in [1.165, 1.54) is 127 Å². The first-order valence-corrected chi connectivity index (χ1v) is 22.3. The van der Waals surface area contributed by atoms with E-state index in [9.17, 15) is 0 Å². The standard InChI is InChI=1S/C46H74O4/c1-3-9-35-13-17-37(18-14-35)39-25-29-45(30-26-39,49-43-11-5-7-33-47-43)41-21-23-42(24-22-41)46(50-44-12-6-8-34-48-44)31-27-40(28-32-46)38-19-15-36(10-4-2)16-20-38/h21-24,35-40,43-44H,3-20,25-34H2,1-2H3. The molecule has 2 unspecified atom stereocenters. The molecule has 0 amide bonds. The number of hydrogen-bond acceptors (Lipinski definition) is 4. The van der Waals surface area contributed by atoms with Crippen LogP contribution in [0.5, 0.6) is 0 Å². The molecule has 0 spiro atoms. The van der Waals surface area contributed by atoms with E-state index in [4.69, 9.17) is 18.9 Å². The summed E-state index contributed by atoms with van der Waals surface area (Å²) in [6, 6.07) is 9.79. The van der Waals surface area contributed by atoms with Crippen molar-refractivity contribution in [3.63, 3.8) is 0 Å². The molecule has 6 aliphatic rings. The van der Waals surface area contributed by atoms with Crippen molar-refractivity contribution in [3.05, 3.63) is 35.4 Å². The van der Waals surface area contributed by atoms with Crippen LogP contribution in [-0.4, -0.2) is 25.8 Å². The minimum Gasteiger partial charge on any atom is -0.353 e. The lowest BCUT2D eigenvalue weighted by atomic mass is 9.65. The van der Waals surface area contributed by atoms with Gasteiger partial charge in [-0.3, -0.25) is 0 Å². The van der Waals surface area contributed by atoms with Gasteiger partial charge >= 0.3 is 0 Å². The first-order chi connectivity index (χ1) is 24.6. The molecule has 0 bridgehead atoms. The second-order valence-corrected chi connectivity index (χ2v) is 18.2. The van der Waals surface area contributed by atoms with Gasteiger partial charge in [-0.05, 0) is 162 Å². The molecule has 4 heteroatoms. The van der Waals surface area contributed by atoms with E-state index in [1.807, 2.05) is 0 Å². The molecule has 0 radical (unpaired) electrons. The Balaban J connectivity index is 1.05. The van der Waals surface area contributed by atoms with Gasteiger partial charge in [-0.1, -0.05) is 89.5 Å². The molecule has 6 fully saturated rings. The zero-order chi connectivity index (χ0) is 34.2. The van der Waals surface area contributed by atoms with Gasteiger partial charge in [0.05, 0.1) is 11.2 Å². The molecule has 0 N–H and O–H groups in total. The predicted octanol–water partition coefficient (Wildman–Crippen LogP) is 12.8. The molecule has 1 aromatic carbocycles. The Morgan fingerprint density at radius 2 is 0.840 bits per heavy atom. The molecule has 4 saturated carbocycles. The number of rotatable bonds is 12. The summed E-state index contributed by atoms with van der Waals surface area (Å²) in [6.45, 7) is 6.40. The smallest absolute Gasteiger partial charge is 0.158 e. The van der Waals surface area contributed by atoms with Gasteiger partial charge in [0, 0.05) is 13.2 Å². The van der Waals surface area contributed by atoms with Crippen LogP contribution in [0.3, 0.4) is 0 Å². The van der Waals surface area contributed by atoms with Gasteiger partial charge in [-0.25, -0.2) is 0 Å². The summed E-state index contributed by atoms with van der Waals surface area (Å²) in [6.07, 6.45) is 33.7. The van der Waals surface area contributed by atoms with Crippen LogP contribution in [0.25, 0.3) is 0 Å². The van der Waals surface area contributed by atoms with Crippen LogP contribution in [0.15, 0.2) is 24.3 Å². The van der Waals surface area contributed by atoms with Crippen molar-refractivity contribution in [3.8, 4) is 0 Å². The van der Waals surface area contributed by atoms with E-state index in [0.29, 0.717) is 0 Å². The fraction of sp³-hybridized carbons (Fsp3) is 0.870. The lowest BCUT2D eigenvalue weighted by Gasteiger charge is -2.47. The molecule has 7 rings (SSSR count). The maximum Gasteiger partial charge on any atom is 0.158 e. The Hall–Kier alpha value is -0.940. The SMILES string of the molecule is CCCC1CCC(C2CCC(OC3CCCCO3)(c3ccc(C4(OC5CCCCO5)CCC(C5CCC(CCC)CC5)CC4)cc3)CC2)CC1. The summed E-state index contributed by atoms with van der Waals surface area (Å²) in [7, 11) is 0. The van der Waals surface area contributed by atoms with Crippen molar-refractivity contribution in [2.45, 2.75) is 205 Å². The number of benzene rings is 1. The molecule has 1 aromatic rings. The van der Waals surface area contributed by atoms with Crippen LogP contribution < -0.4 is 0 Å². The van der Waals surface area contributed by atoms with E-state index >= 15 is 0 Å². The third-order valence-corrected chi connectivity index (χ3v) is 15.1. The van der Waals surface area contributed by atoms with E-state index in [1.54, 1.807) is 0 Å². The van der Waals surface area contributed by atoms with Gasteiger partial charge in [-0.2, -0.15) is 0 Å². The van der Waals surface area contributed by atoms with Gasteiger partial charge in [0.2, 0.25) is 0 Å². The van der Waals surface area contributed by atoms with Crippen molar-refractivity contribution in [2.75, 3.05) is 13.2 Å². The molecular weight excluding hydrogens is 617 g/mol. The number of ether oxygens (including phenoxy) is 4. The van der Waals surface area contributed by atoms with Gasteiger partial charge in [0.15, 0.2) is 12.6 Å². The van der Waals surface area contributed by atoms with Gasteiger partial charge in [0.25, 0.3) is 0 Å². The summed E-state index contributed by atoms with van der Waals surface area (Å²) in [4.78, 5) is 0. The minimum absolute atomic E-state index is 0.0603. The third kappa shape index (κ3) is 9.05. The molecule has 50 heavy (non-hydrogen) atoms. The van der Waals surface area contributed by atoms with Crippen LogP contribution in [-0.2, 0) is 30.1 Å². The molecule has 2 saturated heterocycles. The Bertz CT molecular complexity index is 1010. The summed E-state index contributed by atoms with van der Waals surface area (Å²) in [5, 5.41) is 0. The van der Waals surface area contributed by atoms with Crippen molar-refractivity contribution in [1.29, 1.82) is 0 Å². The summed E-state index contributed by atoms with van der Waals surface area (Å²) in [5.74, 6) is 5.56. The van der Waals surface area contributed by atoms with E-state index in [2.05, 4.69) is 38.1 Å². The first-order valence-electron chi connectivity index (χ1n) is 22.3. The highest BCUT2D eigenvalue weighted by molar-refractivity contribution is 5.32. The second-order valence-electron chi connectivity index (χ2n) is 18.2. The normalized spacial score (nSPS) is 40.4. The Labute approximate surface area is 306 Å². The van der Waals surface area contributed by atoms with Gasteiger partial charge in [-0.15, -0.1) is 0 Å². The van der Waals surface area contributed by atoms with Crippen molar-refractivity contribution < 1.29 is 18.9 Å². The van der Waals surface area contributed by atoms with Crippen molar-refractivity contribution in [2.24, 2.45) is 35.5 Å². The highest BCUT2D eigenvalue weighted by Crippen LogP contribution is 2.52. The fourth-order valence-electron chi connectivity index (χ4n) is 12.0. The maximum atomic E-state index is 7.15. The largest absolute Gasteiger partial charge is 0.353 e. The highest BCUT2D eigenvalue weighted by Gasteiger charge is 2.45. The molecule has 2 heterocycles. The molecule has 4 aliphatic carbocycles. The van der Waals surface area contributed by atoms with Crippen molar-refractivity contribution in [1.82, 2.24) is 0 Å². The van der Waals surface area contributed by atoms with Crippen LogP contribution in [0.2, 0.25) is 0 Å².